The molecule has 1 N–H and O–H groups in total. The summed E-state index contributed by atoms with van der Waals surface area (Å²) in [4.78, 5) is 0. The third kappa shape index (κ3) is 2.47. The molecule has 0 saturated carbocycles. The average Bonchev–Trinajstić information content (AvgIpc) is 2.46. The summed E-state index contributed by atoms with van der Waals surface area (Å²) in [5.41, 5.74) is 0.975. The van der Waals surface area contributed by atoms with Crippen molar-refractivity contribution in [1.82, 2.24) is 20.3 Å². The van der Waals surface area contributed by atoms with Crippen molar-refractivity contribution in [1.29, 1.82) is 0 Å². The van der Waals surface area contributed by atoms with Gasteiger partial charge in [0.1, 0.15) is 6.04 Å². The van der Waals surface area contributed by atoms with Crippen molar-refractivity contribution < 1.29 is 13.2 Å². The number of halogens is 3. The molecule has 0 aliphatic rings. The number of nitrogens with one attached hydrogen (secondary N) is 1. The van der Waals surface area contributed by atoms with Crippen LogP contribution in [0.4, 0.5) is 13.2 Å². The summed E-state index contributed by atoms with van der Waals surface area (Å²) in [5, 5.41) is 10.0. The molecule has 1 rings (SSSR count). The summed E-state index contributed by atoms with van der Waals surface area (Å²) in [5.74, 6) is 0. The fourth-order valence-electron chi connectivity index (χ4n) is 1.21. The summed E-state index contributed by atoms with van der Waals surface area (Å²) in [7, 11) is 1.70. The van der Waals surface area contributed by atoms with Gasteiger partial charge in [-0.1, -0.05) is 5.21 Å². The first kappa shape index (κ1) is 12.0. The largest absolute Gasteiger partial charge is 0.410 e. The fraction of sp³-hybridized carbons (Fsp3) is 0.750. The van der Waals surface area contributed by atoms with E-state index in [2.05, 4.69) is 15.6 Å². The molecule has 0 radical (unpaired) electrons. The van der Waals surface area contributed by atoms with E-state index in [1.54, 1.807) is 14.0 Å². The maximum Gasteiger partial charge on any atom is 0.410 e. The van der Waals surface area contributed by atoms with Crippen LogP contribution in [0, 0.1) is 6.92 Å². The second-order valence-corrected chi connectivity index (χ2v) is 3.31. The predicted molar refractivity (Wildman–Crippen MR) is 48.3 cm³/mol. The van der Waals surface area contributed by atoms with Crippen molar-refractivity contribution in [2.75, 3.05) is 7.05 Å². The molecule has 7 heteroatoms. The predicted octanol–water partition coefficient (Wildman–Crippen LogP) is 1.43. The van der Waals surface area contributed by atoms with E-state index in [1.807, 2.05) is 0 Å². The lowest BCUT2D eigenvalue weighted by molar-refractivity contribution is -0.166. The lowest BCUT2D eigenvalue weighted by atomic mass is 10.3. The molecule has 0 spiro atoms. The number of rotatable bonds is 3. The lowest BCUT2D eigenvalue weighted by Crippen LogP contribution is -2.25. The molecule has 1 atom stereocenters. The van der Waals surface area contributed by atoms with Crippen LogP contribution in [0.25, 0.3) is 0 Å². The minimum Gasteiger partial charge on any atom is -0.314 e. The van der Waals surface area contributed by atoms with E-state index >= 15 is 0 Å². The molecule has 1 aromatic heterocycles. The molecule has 86 valence electrons. The van der Waals surface area contributed by atoms with E-state index in [-0.39, 0.29) is 0 Å². The van der Waals surface area contributed by atoms with Crippen LogP contribution in [0.3, 0.4) is 0 Å². The summed E-state index contributed by atoms with van der Waals surface area (Å²) in [6, 6.07) is -1.64. The topological polar surface area (TPSA) is 42.7 Å². The van der Waals surface area contributed by atoms with Crippen LogP contribution in [0.15, 0.2) is 0 Å². The molecule has 1 aromatic rings. The van der Waals surface area contributed by atoms with E-state index in [0.29, 0.717) is 17.9 Å². The Morgan fingerprint density at radius 1 is 1.47 bits per heavy atom. The summed E-state index contributed by atoms with van der Waals surface area (Å²) >= 11 is 0. The van der Waals surface area contributed by atoms with Crippen molar-refractivity contribution in [3.8, 4) is 0 Å². The molecule has 1 heterocycles. The zero-order valence-corrected chi connectivity index (χ0v) is 8.76. The molecule has 4 nitrogen and oxygen atoms in total. The average molecular weight is 222 g/mol. The van der Waals surface area contributed by atoms with Crippen LogP contribution in [-0.4, -0.2) is 28.2 Å². The van der Waals surface area contributed by atoms with Gasteiger partial charge in [-0.25, -0.2) is 4.68 Å². The summed E-state index contributed by atoms with van der Waals surface area (Å²) in [6.45, 7) is 3.05. The highest BCUT2D eigenvalue weighted by atomic mass is 19.4. The maximum atomic E-state index is 12.4. The van der Waals surface area contributed by atoms with Crippen molar-refractivity contribution in [3.05, 3.63) is 11.4 Å². The van der Waals surface area contributed by atoms with Crippen LogP contribution in [0.1, 0.15) is 24.4 Å². The third-order valence-corrected chi connectivity index (χ3v) is 2.21. The molecule has 1 unspecified atom stereocenters. The number of aromatic nitrogens is 3. The number of hydrogen-bond donors (Lipinski definition) is 1. The van der Waals surface area contributed by atoms with Gasteiger partial charge in [0.15, 0.2) is 0 Å². The second-order valence-electron chi connectivity index (χ2n) is 3.31. The minimum absolute atomic E-state index is 0.413. The Bertz CT molecular complexity index is 331. The van der Waals surface area contributed by atoms with Gasteiger partial charge in [0.05, 0.1) is 11.4 Å². The molecule has 0 aromatic carbocycles. The monoisotopic (exact) mass is 222 g/mol. The van der Waals surface area contributed by atoms with Crippen molar-refractivity contribution >= 4 is 0 Å². The fourth-order valence-corrected chi connectivity index (χ4v) is 1.21. The van der Waals surface area contributed by atoms with Gasteiger partial charge in [-0.3, -0.25) is 0 Å². The molecule has 15 heavy (non-hydrogen) atoms. The Morgan fingerprint density at radius 2 is 2.07 bits per heavy atom. The Balaban J connectivity index is 2.96. The quantitative estimate of drug-likeness (QED) is 0.841. The minimum atomic E-state index is -4.30. The van der Waals surface area contributed by atoms with Gasteiger partial charge in [-0.15, -0.1) is 5.10 Å². The van der Waals surface area contributed by atoms with Gasteiger partial charge in [-0.05, 0) is 20.9 Å². The van der Waals surface area contributed by atoms with E-state index in [0.717, 1.165) is 11.6 Å². The summed E-state index contributed by atoms with van der Waals surface area (Å²) in [6.07, 6.45) is -4.30. The van der Waals surface area contributed by atoms with E-state index in [4.69, 9.17) is 0 Å². The maximum absolute atomic E-state index is 12.4. The lowest BCUT2D eigenvalue weighted by Gasteiger charge is -2.16. The first-order valence-electron chi connectivity index (χ1n) is 4.50. The SMILES string of the molecule is CNCc1nnn(C(C)C(F)(F)F)c1C. The molecule has 0 aliphatic heterocycles. The van der Waals surface area contributed by atoms with Crippen LogP contribution in [0.5, 0.6) is 0 Å². The molecule has 0 fully saturated rings. The van der Waals surface area contributed by atoms with Crippen LogP contribution in [-0.2, 0) is 6.54 Å². The third-order valence-electron chi connectivity index (χ3n) is 2.21. The Morgan fingerprint density at radius 3 is 2.53 bits per heavy atom. The van der Waals surface area contributed by atoms with E-state index < -0.39 is 12.2 Å². The molecule has 0 amide bonds. The van der Waals surface area contributed by atoms with E-state index in [1.165, 1.54) is 0 Å². The number of nitrogens with zero attached hydrogens (tertiary/aromatic N) is 3. The normalized spacial score (nSPS) is 14.3. The smallest absolute Gasteiger partial charge is 0.314 e. The Kier molecular flexibility index (Phi) is 3.33. The molecule has 0 bridgehead atoms. The summed E-state index contributed by atoms with van der Waals surface area (Å²) < 4.78 is 38.1. The van der Waals surface area contributed by atoms with Crippen LogP contribution >= 0.6 is 0 Å². The second kappa shape index (κ2) is 4.18. The first-order valence-corrected chi connectivity index (χ1v) is 4.50. The highest BCUT2D eigenvalue weighted by Crippen LogP contribution is 2.30. The van der Waals surface area contributed by atoms with Gasteiger partial charge in [0.25, 0.3) is 0 Å². The highest BCUT2D eigenvalue weighted by molar-refractivity contribution is 5.08. The van der Waals surface area contributed by atoms with Gasteiger partial charge in [0.2, 0.25) is 0 Å². The molecular weight excluding hydrogens is 209 g/mol. The standard InChI is InChI=1S/C8H13F3N4/c1-5-7(4-12-3)13-14-15(5)6(2)8(9,10)11/h6,12H,4H2,1-3H3. The van der Waals surface area contributed by atoms with Gasteiger partial charge < -0.3 is 5.32 Å². The number of hydrogen-bond acceptors (Lipinski definition) is 3. The van der Waals surface area contributed by atoms with Gasteiger partial charge >= 0.3 is 6.18 Å². The zero-order valence-electron chi connectivity index (χ0n) is 8.76. The number of alkyl halides is 3. The van der Waals surface area contributed by atoms with Crippen LogP contribution < -0.4 is 5.32 Å². The Hall–Kier alpha value is -1.11. The van der Waals surface area contributed by atoms with E-state index in [9.17, 15) is 13.2 Å². The highest BCUT2D eigenvalue weighted by Gasteiger charge is 2.39. The van der Waals surface area contributed by atoms with Crippen LogP contribution in [0.2, 0.25) is 0 Å². The van der Waals surface area contributed by atoms with Crippen molar-refractivity contribution in [2.45, 2.75) is 32.6 Å². The first-order chi connectivity index (χ1) is 6.88. The molecular formula is C8H13F3N4. The van der Waals surface area contributed by atoms with Crippen molar-refractivity contribution in [3.63, 3.8) is 0 Å². The Labute approximate surface area is 85.5 Å². The molecule has 0 saturated heterocycles. The van der Waals surface area contributed by atoms with Crippen molar-refractivity contribution in [2.24, 2.45) is 0 Å². The zero-order chi connectivity index (χ0) is 11.6. The van der Waals surface area contributed by atoms with Gasteiger partial charge in [-0.2, -0.15) is 13.2 Å². The van der Waals surface area contributed by atoms with Gasteiger partial charge in [0, 0.05) is 6.54 Å². The molecule has 0 aliphatic carbocycles.